The summed E-state index contributed by atoms with van der Waals surface area (Å²) in [5, 5.41) is 6.15. The summed E-state index contributed by atoms with van der Waals surface area (Å²) in [6.07, 6.45) is 0. The first-order valence-corrected chi connectivity index (χ1v) is 7.66. The monoisotopic (exact) mass is 312 g/mol. The van der Waals surface area contributed by atoms with Crippen LogP contribution < -0.4 is 10.6 Å². The van der Waals surface area contributed by atoms with Gasteiger partial charge in [-0.15, -0.1) is 0 Å². The van der Waals surface area contributed by atoms with E-state index in [9.17, 15) is 4.79 Å². The van der Waals surface area contributed by atoms with Gasteiger partial charge in [0.25, 0.3) is 5.91 Å². The minimum absolute atomic E-state index is 0.211. The number of thiocarbonyl (C=S) groups is 1. The second-order valence-electron chi connectivity index (χ2n) is 5.47. The molecular weight excluding hydrogens is 292 g/mol. The number of nitrogens with one attached hydrogen (secondary N) is 2. The number of carbonyl (C=O) groups excluding carboxylic acids is 1. The van der Waals surface area contributed by atoms with Gasteiger partial charge in [-0.3, -0.25) is 10.1 Å². The second kappa shape index (κ2) is 7.18. The molecule has 0 radical (unpaired) electrons. The largest absolute Gasteiger partial charge is 0.332 e. The summed E-state index contributed by atoms with van der Waals surface area (Å²) in [5.74, 6) is 0.160. The molecule has 2 rings (SSSR count). The Hall–Kier alpha value is -2.20. The fourth-order valence-electron chi connectivity index (χ4n) is 2.47. The van der Waals surface area contributed by atoms with Crippen LogP contribution in [0.2, 0.25) is 0 Å². The molecule has 2 N–H and O–H groups in total. The van der Waals surface area contributed by atoms with Gasteiger partial charge >= 0.3 is 0 Å². The number of hydrogen-bond acceptors (Lipinski definition) is 2. The first kappa shape index (κ1) is 16.2. The van der Waals surface area contributed by atoms with E-state index in [1.54, 1.807) is 12.1 Å². The zero-order chi connectivity index (χ0) is 16.1. The minimum Gasteiger partial charge on any atom is -0.332 e. The van der Waals surface area contributed by atoms with Crippen molar-refractivity contribution in [3.63, 3.8) is 0 Å². The van der Waals surface area contributed by atoms with Gasteiger partial charge in [-0.25, -0.2) is 0 Å². The summed E-state index contributed by atoms with van der Waals surface area (Å²) < 4.78 is 0. The Bertz CT molecular complexity index is 681. The molecule has 0 bridgehead atoms. The number of rotatable bonds is 3. The molecule has 0 atom stereocenters. The van der Waals surface area contributed by atoms with Crippen molar-refractivity contribution < 1.29 is 4.79 Å². The molecule has 4 heteroatoms. The normalized spacial score (nSPS) is 10.4. The van der Waals surface area contributed by atoms with Crippen molar-refractivity contribution in [2.75, 3.05) is 5.32 Å². The van der Waals surface area contributed by atoms with Gasteiger partial charge < -0.3 is 5.32 Å². The van der Waals surface area contributed by atoms with Gasteiger partial charge in [0.1, 0.15) is 0 Å². The molecule has 0 unspecified atom stereocenters. The number of amides is 1. The van der Waals surface area contributed by atoms with Crippen LogP contribution in [0.5, 0.6) is 0 Å². The fraction of sp³-hybridized carbons (Fsp3) is 0.222. The molecule has 1 amide bonds. The molecule has 114 valence electrons. The predicted molar refractivity (Wildman–Crippen MR) is 95.4 cm³/mol. The fourth-order valence-corrected chi connectivity index (χ4v) is 2.68. The standard InChI is InChI=1S/C18H20N2OS/c1-12(2)16-13(3)8-7-11-15(16)19-18(22)20-17(21)14-9-5-4-6-10-14/h4-12H,1-3H3,(H2,19,20,21,22). The van der Waals surface area contributed by atoms with Crippen molar-refractivity contribution >= 4 is 28.9 Å². The van der Waals surface area contributed by atoms with Crippen LogP contribution in [0.1, 0.15) is 41.3 Å². The molecular formula is C18H20N2OS. The lowest BCUT2D eigenvalue weighted by Crippen LogP contribution is -2.34. The van der Waals surface area contributed by atoms with Crippen molar-refractivity contribution in [1.82, 2.24) is 5.32 Å². The second-order valence-corrected chi connectivity index (χ2v) is 5.87. The predicted octanol–water partition coefficient (Wildman–Crippen LogP) is 4.25. The third kappa shape index (κ3) is 3.92. The van der Waals surface area contributed by atoms with Crippen molar-refractivity contribution in [3.05, 3.63) is 65.2 Å². The van der Waals surface area contributed by atoms with E-state index < -0.39 is 0 Å². The van der Waals surface area contributed by atoms with Gasteiger partial charge in [0.2, 0.25) is 0 Å². The molecule has 22 heavy (non-hydrogen) atoms. The van der Waals surface area contributed by atoms with Crippen LogP contribution in [-0.2, 0) is 0 Å². The summed E-state index contributed by atoms with van der Waals surface area (Å²) in [7, 11) is 0. The van der Waals surface area contributed by atoms with Crippen LogP contribution in [0.25, 0.3) is 0 Å². The summed E-state index contributed by atoms with van der Waals surface area (Å²) in [6.45, 7) is 6.35. The Morgan fingerprint density at radius 3 is 2.36 bits per heavy atom. The summed E-state index contributed by atoms with van der Waals surface area (Å²) in [4.78, 5) is 12.1. The topological polar surface area (TPSA) is 41.1 Å². The Labute approximate surface area is 136 Å². The number of aryl methyl sites for hydroxylation is 1. The SMILES string of the molecule is Cc1cccc(NC(=S)NC(=O)c2ccccc2)c1C(C)C. The third-order valence-corrected chi connectivity index (χ3v) is 3.62. The molecule has 2 aromatic rings. The molecule has 0 saturated heterocycles. The third-order valence-electron chi connectivity index (χ3n) is 3.41. The number of anilines is 1. The van der Waals surface area contributed by atoms with E-state index in [1.165, 1.54) is 11.1 Å². The molecule has 2 aromatic carbocycles. The van der Waals surface area contributed by atoms with Crippen LogP contribution >= 0.6 is 12.2 Å². The van der Waals surface area contributed by atoms with Crippen molar-refractivity contribution in [1.29, 1.82) is 0 Å². The van der Waals surface area contributed by atoms with Gasteiger partial charge in [-0.1, -0.05) is 44.2 Å². The molecule has 0 saturated carbocycles. The highest BCUT2D eigenvalue weighted by molar-refractivity contribution is 7.80. The van der Waals surface area contributed by atoms with Crippen LogP contribution in [0.3, 0.4) is 0 Å². The zero-order valence-corrected chi connectivity index (χ0v) is 13.8. The Morgan fingerprint density at radius 1 is 1.05 bits per heavy atom. The van der Waals surface area contributed by atoms with Crippen LogP contribution in [0.4, 0.5) is 5.69 Å². The van der Waals surface area contributed by atoms with Gasteiger partial charge in [0.15, 0.2) is 5.11 Å². The van der Waals surface area contributed by atoms with Gasteiger partial charge in [-0.2, -0.15) is 0 Å². The summed E-state index contributed by atoms with van der Waals surface area (Å²) in [5.41, 5.74) is 3.93. The number of carbonyl (C=O) groups is 1. The maximum atomic E-state index is 12.1. The lowest BCUT2D eigenvalue weighted by Gasteiger charge is -2.18. The lowest BCUT2D eigenvalue weighted by molar-refractivity contribution is 0.0977. The van der Waals surface area contributed by atoms with Gasteiger partial charge in [-0.05, 0) is 54.4 Å². The van der Waals surface area contributed by atoms with E-state index in [2.05, 4.69) is 37.5 Å². The molecule has 3 nitrogen and oxygen atoms in total. The van der Waals surface area contributed by atoms with Gasteiger partial charge in [0.05, 0.1) is 0 Å². The highest BCUT2D eigenvalue weighted by Crippen LogP contribution is 2.27. The van der Waals surface area contributed by atoms with E-state index in [-0.39, 0.29) is 5.91 Å². The minimum atomic E-state index is -0.211. The summed E-state index contributed by atoms with van der Waals surface area (Å²) in [6, 6.07) is 15.1. The molecule has 0 aliphatic carbocycles. The Morgan fingerprint density at radius 2 is 1.73 bits per heavy atom. The maximum absolute atomic E-state index is 12.1. The first-order valence-electron chi connectivity index (χ1n) is 7.26. The van der Waals surface area contributed by atoms with Crippen molar-refractivity contribution in [3.8, 4) is 0 Å². The Kier molecular flexibility index (Phi) is 5.28. The van der Waals surface area contributed by atoms with E-state index in [1.807, 2.05) is 30.3 Å². The highest BCUT2D eigenvalue weighted by Gasteiger charge is 2.12. The van der Waals surface area contributed by atoms with E-state index >= 15 is 0 Å². The summed E-state index contributed by atoms with van der Waals surface area (Å²) >= 11 is 5.26. The number of hydrogen-bond donors (Lipinski definition) is 2. The van der Waals surface area contributed by atoms with Crippen LogP contribution in [0.15, 0.2) is 48.5 Å². The maximum Gasteiger partial charge on any atom is 0.257 e. The highest BCUT2D eigenvalue weighted by atomic mass is 32.1. The molecule has 0 fully saturated rings. The van der Waals surface area contributed by atoms with Crippen molar-refractivity contribution in [2.45, 2.75) is 26.7 Å². The van der Waals surface area contributed by atoms with E-state index in [0.717, 1.165) is 5.69 Å². The lowest BCUT2D eigenvalue weighted by atomic mass is 9.96. The van der Waals surface area contributed by atoms with Crippen molar-refractivity contribution in [2.24, 2.45) is 0 Å². The van der Waals surface area contributed by atoms with Crippen LogP contribution in [0, 0.1) is 6.92 Å². The van der Waals surface area contributed by atoms with E-state index in [4.69, 9.17) is 12.2 Å². The smallest absolute Gasteiger partial charge is 0.257 e. The number of benzene rings is 2. The molecule has 0 spiro atoms. The van der Waals surface area contributed by atoms with Gasteiger partial charge in [0, 0.05) is 11.3 Å². The molecule has 0 aliphatic heterocycles. The quantitative estimate of drug-likeness (QED) is 0.833. The van der Waals surface area contributed by atoms with Crippen LogP contribution in [-0.4, -0.2) is 11.0 Å². The Balaban J connectivity index is 2.10. The average Bonchev–Trinajstić information content (AvgIpc) is 2.47. The molecule has 0 heterocycles. The first-order chi connectivity index (χ1) is 10.5. The molecule has 0 aliphatic rings. The van der Waals surface area contributed by atoms with E-state index in [0.29, 0.717) is 16.6 Å². The molecule has 0 aromatic heterocycles. The zero-order valence-electron chi connectivity index (χ0n) is 13.0. The average molecular weight is 312 g/mol.